The first-order valence-electron chi connectivity index (χ1n) is 18.2. The van der Waals surface area contributed by atoms with Gasteiger partial charge in [0.05, 0.1) is 0 Å². The number of hydrogen-bond donors (Lipinski definition) is 0. The van der Waals surface area contributed by atoms with Crippen molar-refractivity contribution in [3.63, 3.8) is 0 Å². The maximum absolute atomic E-state index is 2.57. The Balaban J connectivity index is 1.58. The quantitative estimate of drug-likeness (QED) is 0.162. The normalized spacial score (nSPS) is 13.6. The van der Waals surface area contributed by atoms with Gasteiger partial charge < -0.3 is 9.80 Å². The zero-order chi connectivity index (χ0) is 34.0. The van der Waals surface area contributed by atoms with Crippen LogP contribution in [0.15, 0.2) is 97.1 Å². The van der Waals surface area contributed by atoms with Crippen molar-refractivity contribution in [2.45, 2.75) is 98.8 Å². The number of nitrogens with zero attached hydrogens (tertiary/aromatic N) is 2. The molecule has 7 rings (SSSR count). The van der Waals surface area contributed by atoms with Crippen molar-refractivity contribution < 1.29 is 0 Å². The maximum Gasteiger partial charge on any atom is 0.252 e. The second-order valence-electron chi connectivity index (χ2n) is 15.7. The molecule has 48 heavy (non-hydrogen) atoms. The predicted molar refractivity (Wildman–Crippen MR) is 211 cm³/mol. The van der Waals surface area contributed by atoms with Crippen LogP contribution >= 0.6 is 0 Å². The Morgan fingerprint density at radius 3 is 1.00 bits per heavy atom. The predicted octanol–water partition coefficient (Wildman–Crippen LogP) is 11.4. The number of hydrogen-bond acceptors (Lipinski definition) is 2. The lowest BCUT2D eigenvalue weighted by molar-refractivity contribution is 0.862. The van der Waals surface area contributed by atoms with Crippen molar-refractivity contribution in [2.75, 3.05) is 9.80 Å². The SMILES string of the molecule is CC(C)c1ccc(N2c3cc(C(C)C)ccc3B3c4ccc(C(C)C)cc4N(c4ccc(C(C)C)cc4)c4cc(C(C)C)cc2c43)cc1. The number of rotatable bonds is 7. The van der Waals surface area contributed by atoms with Crippen molar-refractivity contribution >= 4 is 57.2 Å². The van der Waals surface area contributed by atoms with Crippen molar-refractivity contribution in [1.82, 2.24) is 0 Å². The molecule has 0 bridgehead atoms. The second-order valence-corrected chi connectivity index (χ2v) is 15.7. The van der Waals surface area contributed by atoms with Crippen LogP contribution in [0.1, 0.15) is 127 Å². The van der Waals surface area contributed by atoms with E-state index in [1.807, 2.05) is 0 Å². The van der Waals surface area contributed by atoms with Gasteiger partial charge in [-0.15, -0.1) is 0 Å². The van der Waals surface area contributed by atoms with E-state index in [2.05, 4.69) is 176 Å². The zero-order valence-electron chi connectivity index (χ0n) is 30.6. The third kappa shape index (κ3) is 5.36. The molecule has 2 aliphatic rings. The monoisotopic (exact) mass is 630 g/mol. The molecule has 0 radical (unpaired) electrons. The third-order valence-corrected chi connectivity index (χ3v) is 10.8. The average molecular weight is 631 g/mol. The summed E-state index contributed by atoms with van der Waals surface area (Å²) in [6.45, 7) is 23.1. The zero-order valence-corrected chi connectivity index (χ0v) is 30.6. The highest BCUT2D eigenvalue weighted by Crippen LogP contribution is 2.46. The second kappa shape index (κ2) is 12.3. The van der Waals surface area contributed by atoms with Crippen LogP contribution in [0.25, 0.3) is 0 Å². The largest absolute Gasteiger partial charge is 0.311 e. The fraction of sp³-hybridized carbons (Fsp3) is 0.333. The van der Waals surface area contributed by atoms with Crippen molar-refractivity contribution in [3.05, 3.63) is 125 Å². The minimum absolute atomic E-state index is 0.140. The van der Waals surface area contributed by atoms with E-state index in [1.54, 1.807) is 0 Å². The van der Waals surface area contributed by atoms with E-state index in [9.17, 15) is 0 Å². The van der Waals surface area contributed by atoms with Crippen LogP contribution in [-0.2, 0) is 0 Å². The van der Waals surface area contributed by atoms with Gasteiger partial charge in [0.25, 0.3) is 6.71 Å². The van der Waals surface area contributed by atoms with Gasteiger partial charge in [0, 0.05) is 34.1 Å². The van der Waals surface area contributed by atoms with Crippen molar-refractivity contribution in [1.29, 1.82) is 0 Å². The molecule has 5 aromatic carbocycles. The molecule has 0 unspecified atom stereocenters. The van der Waals surface area contributed by atoms with E-state index in [1.165, 1.54) is 78.3 Å². The molecule has 3 heteroatoms. The van der Waals surface area contributed by atoms with E-state index in [4.69, 9.17) is 0 Å². The minimum Gasteiger partial charge on any atom is -0.311 e. The highest BCUT2D eigenvalue weighted by Gasteiger charge is 2.44. The smallest absolute Gasteiger partial charge is 0.252 e. The van der Waals surface area contributed by atoms with Gasteiger partial charge in [0.1, 0.15) is 0 Å². The van der Waals surface area contributed by atoms with Gasteiger partial charge in [0.2, 0.25) is 0 Å². The molecule has 0 saturated carbocycles. The summed E-state index contributed by atoms with van der Waals surface area (Å²) in [4.78, 5) is 5.14. The summed E-state index contributed by atoms with van der Waals surface area (Å²) in [5, 5.41) is 0. The molecule has 0 N–H and O–H groups in total. The van der Waals surface area contributed by atoms with Gasteiger partial charge in [0.15, 0.2) is 0 Å². The van der Waals surface area contributed by atoms with Crippen LogP contribution in [0, 0.1) is 0 Å². The first-order valence-corrected chi connectivity index (χ1v) is 18.2. The summed E-state index contributed by atoms with van der Waals surface area (Å²) < 4.78 is 0. The Bertz CT molecular complexity index is 1830. The molecular weight excluding hydrogens is 579 g/mol. The molecular formula is C45H51BN2. The number of anilines is 6. The molecule has 2 heterocycles. The molecule has 244 valence electrons. The molecule has 0 amide bonds. The summed E-state index contributed by atoms with van der Waals surface area (Å²) in [6, 6.07) is 38.2. The van der Waals surface area contributed by atoms with Crippen LogP contribution in [0.3, 0.4) is 0 Å². The van der Waals surface area contributed by atoms with E-state index in [0.717, 1.165) is 0 Å². The lowest BCUT2D eigenvalue weighted by Crippen LogP contribution is -2.61. The molecule has 0 spiro atoms. The summed E-state index contributed by atoms with van der Waals surface area (Å²) in [6.07, 6.45) is 0. The van der Waals surface area contributed by atoms with Gasteiger partial charge >= 0.3 is 0 Å². The summed E-state index contributed by atoms with van der Waals surface area (Å²) in [5.74, 6) is 2.24. The summed E-state index contributed by atoms with van der Waals surface area (Å²) in [5.41, 5.74) is 18.7. The average Bonchev–Trinajstić information content (AvgIpc) is 3.07. The van der Waals surface area contributed by atoms with Gasteiger partial charge in [-0.25, -0.2) is 0 Å². The molecule has 0 atom stereocenters. The fourth-order valence-electron chi connectivity index (χ4n) is 7.67. The van der Waals surface area contributed by atoms with Crippen LogP contribution in [0.5, 0.6) is 0 Å². The van der Waals surface area contributed by atoms with Gasteiger partial charge in [-0.05, 0) is 122 Å². The standard InChI is InChI=1S/C45H51BN2/c1-27(2)32-11-17-37(18-12-32)47-41-23-34(29(5)6)15-21-39(41)46-40-22-16-35(30(7)8)24-42(40)48(38-19-13-33(14-20-38)28(3)4)44-26-36(31(9)10)25-43(47)45(44)46/h11-31H,1-10H3. The highest BCUT2D eigenvalue weighted by atomic mass is 15.2. The maximum atomic E-state index is 2.57. The summed E-state index contributed by atoms with van der Waals surface area (Å²) >= 11 is 0. The number of fused-ring (bicyclic) bond motifs is 4. The molecule has 0 aromatic heterocycles. The molecule has 0 fully saturated rings. The lowest BCUT2D eigenvalue weighted by atomic mass is 9.33. The Labute approximate surface area is 289 Å². The minimum atomic E-state index is 0.140. The Kier molecular flexibility index (Phi) is 8.31. The van der Waals surface area contributed by atoms with Gasteiger partial charge in [-0.1, -0.05) is 118 Å². The lowest BCUT2D eigenvalue weighted by Gasteiger charge is -2.45. The highest BCUT2D eigenvalue weighted by molar-refractivity contribution is 7.00. The Morgan fingerprint density at radius 2 is 0.667 bits per heavy atom. The Hall–Kier alpha value is -4.24. The fourth-order valence-corrected chi connectivity index (χ4v) is 7.67. The Morgan fingerprint density at radius 1 is 0.354 bits per heavy atom. The van der Waals surface area contributed by atoms with E-state index in [-0.39, 0.29) is 6.71 Å². The molecule has 0 saturated heterocycles. The summed E-state index contributed by atoms with van der Waals surface area (Å²) in [7, 11) is 0. The molecule has 5 aromatic rings. The third-order valence-electron chi connectivity index (χ3n) is 10.8. The molecule has 0 aliphatic carbocycles. The van der Waals surface area contributed by atoms with Crippen LogP contribution in [0.2, 0.25) is 0 Å². The van der Waals surface area contributed by atoms with E-state index < -0.39 is 0 Å². The van der Waals surface area contributed by atoms with E-state index >= 15 is 0 Å². The topological polar surface area (TPSA) is 6.48 Å². The van der Waals surface area contributed by atoms with Crippen LogP contribution in [0.4, 0.5) is 34.1 Å². The van der Waals surface area contributed by atoms with Gasteiger partial charge in [-0.3, -0.25) is 0 Å². The van der Waals surface area contributed by atoms with Crippen LogP contribution < -0.4 is 26.2 Å². The first kappa shape index (κ1) is 32.3. The molecule has 2 aliphatic heterocycles. The van der Waals surface area contributed by atoms with E-state index in [0.29, 0.717) is 29.6 Å². The van der Waals surface area contributed by atoms with Gasteiger partial charge in [-0.2, -0.15) is 0 Å². The molecule has 2 nitrogen and oxygen atoms in total. The van der Waals surface area contributed by atoms with Crippen molar-refractivity contribution in [3.8, 4) is 0 Å². The first-order chi connectivity index (χ1) is 22.9. The van der Waals surface area contributed by atoms with Crippen molar-refractivity contribution in [2.24, 2.45) is 0 Å². The number of benzene rings is 5. The van der Waals surface area contributed by atoms with Crippen LogP contribution in [-0.4, -0.2) is 6.71 Å².